The minimum absolute atomic E-state index is 0.0337. The normalized spacial score (nSPS) is 11.9. The Bertz CT molecular complexity index is 442. The number of carbonyl (C=O) groups excluding carboxylic acids is 2. The first-order valence-corrected chi connectivity index (χ1v) is 6.04. The zero-order chi connectivity index (χ0) is 13.0. The predicted molar refractivity (Wildman–Crippen MR) is 66.4 cm³/mol. The number of ether oxygens (including phenoxy) is 1. The van der Waals surface area contributed by atoms with Gasteiger partial charge in [-0.2, -0.15) is 0 Å². The first-order valence-electron chi connectivity index (χ1n) is 5.12. The molecule has 0 spiro atoms. The molecule has 0 bridgehead atoms. The van der Waals surface area contributed by atoms with E-state index in [1.54, 1.807) is 19.1 Å². The fourth-order valence-electron chi connectivity index (χ4n) is 1.41. The number of esters is 1. The lowest BCUT2D eigenvalue weighted by atomic mass is 10.0. The van der Waals surface area contributed by atoms with Gasteiger partial charge in [0, 0.05) is 0 Å². The van der Waals surface area contributed by atoms with Gasteiger partial charge in [-0.05, 0) is 25.5 Å². The molecule has 0 aromatic heterocycles. The number of halogens is 1. The fourth-order valence-corrected chi connectivity index (χ4v) is 1.79. The number of Topliss-reactive ketones (excluding diaryl/α,β-unsaturated/α-hetero) is 1. The number of rotatable bonds is 4. The maximum atomic E-state index is 11.7. The Hall–Kier alpha value is -1.36. The number of hydrogen-bond acceptors (Lipinski definition) is 4. The zero-order valence-corrected chi connectivity index (χ0v) is 11.2. The van der Waals surface area contributed by atoms with Crippen molar-refractivity contribution in [2.75, 3.05) is 6.61 Å². The number of aromatic hydroxyl groups is 1. The molecule has 0 aliphatic carbocycles. The lowest BCUT2D eigenvalue weighted by molar-refractivity contribution is -0.116. The van der Waals surface area contributed by atoms with E-state index in [1.807, 2.05) is 0 Å². The van der Waals surface area contributed by atoms with Gasteiger partial charge in [-0.25, -0.2) is 4.79 Å². The molecule has 1 unspecified atom stereocenters. The summed E-state index contributed by atoms with van der Waals surface area (Å²) >= 11 is 3.19. The number of benzene rings is 1. The summed E-state index contributed by atoms with van der Waals surface area (Å²) in [6, 6.07) is 4.56. The number of phenols is 1. The van der Waals surface area contributed by atoms with Crippen LogP contribution in [0.4, 0.5) is 0 Å². The molecule has 1 rings (SSSR count). The fraction of sp³-hybridized carbons (Fsp3) is 0.333. The predicted octanol–water partition coefficient (Wildman–Crippen LogP) is 2.59. The van der Waals surface area contributed by atoms with Crippen LogP contribution >= 0.6 is 15.9 Å². The highest BCUT2D eigenvalue weighted by Gasteiger charge is 2.24. The van der Waals surface area contributed by atoms with Crippen molar-refractivity contribution >= 4 is 27.7 Å². The summed E-state index contributed by atoms with van der Waals surface area (Å²) < 4.78 is 4.85. The number of alkyl halides is 1. The Morgan fingerprint density at radius 3 is 2.65 bits per heavy atom. The second-order valence-electron chi connectivity index (χ2n) is 3.44. The van der Waals surface area contributed by atoms with Crippen molar-refractivity contribution in [2.24, 2.45) is 0 Å². The molecule has 0 saturated carbocycles. The molecule has 0 saturated heterocycles. The summed E-state index contributed by atoms with van der Waals surface area (Å²) in [7, 11) is 0. The van der Waals surface area contributed by atoms with Gasteiger partial charge in [0.2, 0.25) is 0 Å². The van der Waals surface area contributed by atoms with Crippen molar-refractivity contribution in [3.8, 4) is 5.75 Å². The second-order valence-corrected chi connectivity index (χ2v) is 4.35. The summed E-state index contributed by atoms with van der Waals surface area (Å²) in [5.41, 5.74) is 0.447. The second kappa shape index (κ2) is 5.82. The molecule has 0 amide bonds. The minimum Gasteiger partial charge on any atom is -0.507 e. The van der Waals surface area contributed by atoms with E-state index in [-0.39, 0.29) is 23.7 Å². The molecule has 1 aromatic rings. The SMILES string of the molecule is CCOC(=O)c1c(O)cccc1C(Br)C(C)=O. The molecule has 1 aromatic carbocycles. The van der Waals surface area contributed by atoms with Gasteiger partial charge >= 0.3 is 5.97 Å². The molecular weight excluding hydrogens is 288 g/mol. The van der Waals surface area contributed by atoms with E-state index < -0.39 is 10.8 Å². The van der Waals surface area contributed by atoms with E-state index in [0.29, 0.717) is 5.56 Å². The smallest absolute Gasteiger partial charge is 0.342 e. The summed E-state index contributed by atoms with van der Waals surface area (Å²) in [5.74, 6) is -0.973. The van der Waals surface area contributed by atoms with Gasteiger partial charge in [0.1, 0.15) is 17.1 Å². The first kappa shape index (κ1) is 13.7. The maximum absolute atomic E-state index is 11.7. The molecule has 1 N–H and O–H groups in total. The molecule has 4 nitrogen and oxygen atoms in total. The maximum Gasteiger partial charge on any atom is 0.342 e. The van der Waals surface area contributed by atoms with Crippen molar-refractivity contribution in [3.05, 3.63) is 29.3 Å². The van der Waals surface area contributed by atoms with Gasteiger partial charge in [-0.15, -0.1) is 0 Å². The van der Waals surface area contributed by atoms with Crippen LogP contribution in [-0.4, -0.2) is 23.5 Å². The van der Waals surface area contributed by atoms with Crippen LogP contribution in [0.3, 0.4) is 0 Å². The molecular formula is C12H13BrO4. The van der Waals surface area contributed by atoms with Gasteiger partial charge in [0.15, 0.2) is 0 Å². The van der Waals surface area contributed by atoms with Crippen molar-refractivity contribution in [2.45, 2.75) is 18.7 Å². The summed E-state index contributed by atoms with van der Waals surface area (Å²) in [6.45, 7) is 3.28. The third kappa shape index (κ3) is 3.06. The number of phenolic OH excluding ortho intramolecular Hbond substituents is 1. The average Bonchev–Trinajstić information content (AvgIpc) is 2.27. The minimum atomic E-state index is -0.633. The largest absolute Gasteiger partial charge is 0.507 e. The number of ketones is 1. The Labute approximate surface area is 108 Å². The topological polar surface area (TPSA) is 63.6 Å². The molecule has 5 heteroatoms. The standard InChI is InChI=1S/C12H13BrO4/c1-3-17-12(16)10-8(11(13)7(2)14)5-4-6-9(10)15/h4-6,11,15H,3H2,1-2H3. The summed E-state index contributed by atoms with van der Waals surface area (Å²) in [6.07, 6.45) is 0. The molecule has 0 aliphatic heterocycles. The van der Waals surface area contributed by atoms with E-state index in [2.05, 4.69) is 15.9 Å². The Balaban J connectivity index is 3.26. The molecule has 0 heterocycles. The van der Waals surface area contributed by atoms with Crippen LogP contribution in [0.25, 0.3) is 0 Å². The highest BCUT2D eigenvalue weighted by Crippen LogP contribution is 2.32. The highest BCUT2D eigenvalue weighted by atomic mass is 79.9. The van der Waals surface area contributed by atoms with Gasteiger partial charge in [-0.1, -0.05) is 28.1 Å². The van der Waals surface area contributed by atoms with Crippen molar-refractivity contribution < 1.29 is 19.4 Å². The van der Waals surface area contributed by atoms with Crippen LogP contribution in [0.2, 0.25) is 0 Å². The molecule has 17 heavy (non-hydrogen) atoms. The van der Waals surface area contributed by atoms with E-state index in [0.717, 1.165) is 0 Å². The van der Waals surface area contributed by atoms with E-state index >= 15 is 0 Å². The highest BCUT2D eigenvalue weighted by molar-refractivity contribution is 9.09. The lowest BCUT2D eigenvalue weighted by Gasteiger charge is -2.13. The molecule has 1 atom stereocenters. The Kier molecular flexibility index (Phi) is 4.69. The number of carbonyl (C=O) groups is 2. The van der Waals surface area contributed by atoms with Crippen LogP contribution in [0.1, 0.15) is 34.6 Å². The van der Waals surface area contributed by atoms with Crippen LogP contribution in [-0.2, 0) is 9.53 Å². The molecule has 0 radical (unpaired) electrons. The van der Waals surface area contributed by atoms with E-state index in [4.69, 9.17) is 4.74 Å². The quantitative estimate of drug-likeness (QED) is 0.686. The van der Waals surface area contributed by atoms with Crippen LogP contribution in [0.15, 0.2) is 18.2 Å². The molecule has 92 valence electrons. The monoisotopic (exact) mass is 300 g/mol. The van der Waals surface area contributed by atoms with Gasteiger partial charge in [0.25, 0.3) is 0 Å². The molecule has 0 fully saturated rings. The van der Waals surface area contributed by atoms with Crippen molar-refractivity contribution in [1.29, 1.82) is 0 Å². The third-order valence-corrected chi connectivity index (χ3v) is 3.32. The van der Waals surface area contributed by atoms with Crippen LogP contribution in [0, 0.1) is 0 Å². The van der Waals surface area contributed by atoms with Gasteiger partial charge in [0.05, 0.1) is 11.4 Å². The summed E-state index contributed by atoms with van der Waals surface area (Å²) in [4.78, 5) is 22.4. The number of hydrogen-bond donors (Lipinski definition) is 1. The third-order valence-electron chi connectivity index (χ3n) is 2.18. The molecule has 0 aliphatic rings. The van der Waals surface area contributed by atoms with Gasteiger partial charge in [-0.3, -0.25) is 4.79 Å². The van der Waals surface area contributed by atoms with E-state index in [9.17, 15) is 14.7 Å². The lowest BCUT2D eigenvalue weighted by Crippen LogP contribution is -2.12. The van der Waals surface area contributed by atoms with Crippen LogP contribution in [0.5, 0.6) is 5.75 Å². The zero-order valence-electron chi connectivity index (χ0n) is 9.57. The Morgan fingerprint density at radius 1 is 1.47 bits per heavy atom. The van der Waals surface area contributed by atoms with Crippen LogP contribution < -0.4 is 0 Å². The van der Waals surface area contributed by atoms with Crippen molar-refractivity contribution in [3.63, 3.8) is 0 Å². The Morgan fingerprint density at radius 2 is 2.12 bits per heavy atom. The van der Waals surface area contributed by atoms with E-state index in [1.165, 1.54) is 13.0 Å². The van der Waals surface area contributed by atoms with Crippen molar-refractivity contribution in [1.82, 2.24) is 0 Å². The first-order chi connectivity index (χ1) is 7.99. The summed E-state index contributed by atoms with van der Waals surface area (Å²) in [5, 5.41) is 9.69. The average molecular weight is 301 g/mol. The van der Waals surface area contributed by atoms with Gasteiger partial charge < -0.3 is 9.84 Å².